The van der Waals surface area contributed by atoms with Crippen molar-refractivity contribution in [3.8, 4) is 0 Å². The number of para-hydroxylation sites is 1. The molecule has 0 bridgehead atoms. The molecule has 2 N–H and O–H groups in total. The van der Waals surface area contributed by atoms with Crippen molar-refractivity contribution in [3.05, 3.63) is 41.6 Å². The highest BCUT2D eigenvalue weighted by Crippen LogP contribution is 2.28. The van der Waals surface area contributed by atoms with E-state index in [9.17, 15) is 4.79 Å². The Kier molecular flexibility index (Phi) is 4.04. The molecule has 2 aromatic heterocycles. The van der Waals surface area contributed by atoms with E-state index in [-0.39, 0.29) is 11.7 Å². The number of aromatic nitrogens is 4. The topological polar surface area (TPSA) is 89.4 Å². The molecule has 7 nitrogen and oxygen atoms in total. The van der Waals surface area contributed by atoms with Crippen LogP contribution in [0.2, 0.25) is 0 Å². The highest BCUT2D eigenvalue weighted by Gasteiger charge is 2.23. The van der Waals surface area contributed by atoms with Crippen LogP contribution in [0.15, 0.2) is 35.5 Å². The molecule has 0 atom stereocenters. The minimum absolute atomic E-state index is 0.0625. The number of carbonyl (C=O) groups excluding carboxylic acids is 1. The first kappa shape index (κ1) is 15.9. The van der Waals surface area contributed by atoms with Gasteiger partial charge in [-0.15, -0.1) is 10.2 Å². The highest BCUT2D eigenvalue weighted by atomic mass is 32.2. The van der Waals surface area contributed by atoms with Crippen LogP contribution in [0, 0.1) is 6.92 Å². The molecule has 3 heterocycles. The maximum absolute atomic E-state index is 12.7. The summed E-state index contributed by atoms with van der Waals surface area (Å²) < 4.78 is 1.68. The number of nitrogen functional groups attached to an aromatic ring is 1. The van der Waals surface area contributed by atoms with Gasteiger partial charge in [-0.25, -0.2) is 9.38 Å². The van der Waals surface area contributed by atoms with Gasteiger partial charge in [-0.1, -0.05) is 30.0 Å². The zero-order chi connectivity index (χ0) is 17.4. The third-order valence-electron chi connectivity index (χ3n) is 4.25. The fourth-order valence-corrected chi connectivity index (χ4v) is 3.95. The van der Waals surface area contributed by atoms with Gasteiger partial charge in [-0.05, 0) is 31.4 Å². The number of fused-ring (bicyclic) bond motifs is 2. The summed E-state index contributed by atoms with van der Waals surface area (Å²) in [5.74, 6) is 0.674. The van der Waals surface area contributed by atoms with Crippen molar-refractivity contribution < 1.29 is 4.79 Å². The molecule has 0 unspecified atom stereocenters. The Hall–Kier alpha value is -2.61. The maximum Gasteiger partial charge on any atom is 0.237 e. The number of benzene rings is 1. The Labute approximate surface area is 149 Å². The van der Waals surface area contributed by atoms with Crippen molar-refractivity contribution in [3.63, 3.8) is 0 Å². The van der Waals surface area contributed by atoms with E-state index in [4.69, 9.17) is 5.73 Å². The molecule has 8 heteroatoms. The summed E-state index contributed by atoms with van der Waals surface area (Å²) in [5.41, 5.74) is 9.65. The Morgan fingerprint density at radius 1 is 1.32 bits per heavy atom. The predicted octanol–water partition coefficient (Wildman–Crippen LogP) is 2.09. The summed E-state index contributed by atoms with van der Waals surface area (Å²) in [6.45, 7) is 2.61. The van der Waals surface area contributed by atoms with Gasteiger partial charge in [0.25, 0.3) is 0 Å². The quantitative estimate of drug-likeness (QED) is 0.725. The lowest BCUT2D eigenvalue weighted by molar-refractivity contribution is -0.116. The molecule has 0 spiro atoms. The molecule has 1 aromatic carbocycles. The van der Waals surface area contributed by atoms with E-state index in [1.54, 1.807) is 4.40 Å². The van der Waals surface area contributed by atoms with Gasteiger partial charge < -0.3 is 10.6 Å². The van der Waals surface area contributed by atoms with E-state index in [2.05, 4.69) is 21.2 Å². The first-order valence-electron chi connectivity index (χ1n) is 8.13. The second kappa shape index (κ2) is 6.36. The van der Waals surface area contributed by atoms with E-state index in [0.29, 0.717) is 16.8 Å². The largest absolute Gasteiger partial charge is 0.369 e. The molecule has 1 aliphatic rings. The molecule has 0 fully saturated rings. The van der Waals surface area contributed by atoms with E-state index in [1.165, 1.54) is 17.3 Å². The van der Waals surface area contributed by atoms with Crippen LogP contribution in [0.4, 0.5) is 11.6 Å². The fourth-order valence-electron chi connectivity index (χ4n) is 3.13. The van der Waals surface area contributed by atoms with Crippen LogP contribution in [0.1, 0.15) is 17.7 Å². The molecule has 3 aromatic rings. The number of aryl methyl sites for hydroxylation is 2. The number of hydrogen-bond acceptors (Lipinski definition) is 6. The van der Waals surface area contributed by atoms with E-state index < -0.39 is 0 Å². The Morgan fingerprint density at radius 3 is 3.04 bits per heavy atom. The van der Waals surface area contributed by atoms with Gasteiger partial charge in [0.1, 0.15) is 0 Å². The van der Waals surface area contributed by atoms with Crippen molar-refractivity contribution in [1.29, 1.82) is 0 Å². The molecule has 0 radical (unpaired) electrons. The van der Waals surface area contributed by atoms with Crippen molar-refractivity contribution in [1.82, 2.24) is 19.6 Å². The summed E-state index contributed by atoms with van der Waals surface area (Å²) in [6, 6.07) is 9.90. The van der Waals surface area contributed by atoms with Crippen molar-refractivity contribution in [2.24, 2.45) is 0 Å². The molecule has 1 amide bonds. The number of carbonyl (C=O) groups is 1. The van der Waals surface area contributed by atoms with Gasteiger partial charge in [-0.2, -0.15) is 0 Å². The molecule has 0 saturated heterocycles. The van der Waals surface area contributed by atoms with Crippen LogP contribution >= 0.6 is 11.8 Å². The minimum Gasteiger partial charge on any atom is -0.369 e. The number of rotatable bonds is 3. The smallest absolute Gasteiger partial charge is 0.237 e. The first-order valence-corrected chi connectivity index (χ1v) is 9.11. The number of hydrogen-bond donors (Lipinski definition) is 1. The van der Waals surface area contributed by atoms with Gasteiger partial charge in [0.15, 0.2) is 10.8 Å². The second-order valence-electron chi connectivity index (χ2n) is 6.00. The molecule has 4 rings (SSSR count). The summed E-state index contributed by atoms with van der Waals surface area (Å²) in [6.07, 6.45) is 2.00. The Balaban J connectivity index is 1.54. The van der Waals surface area contributed by atoms with Crippen LogP contribution < -0.4 is 10.6 Å². The summed E-state index contributed by atoms with van der Waals surface area (Å²) >= 11 is 1.33. The van der Waals surface area contributed by atoms with E-state index >= 15 is 0 Å². The lowest BCUT2D eigenvalue weighted by Crippen LogP contribution is -2.36. The molecule has 1 aliphatic heterocycles. The number of amides is 1. The Bertz CT molecular complexity index is 953. The van der Waals surface area contributed by atoms with Crippen molar-refractivity contribution in [2.75, 3.05) is 22.9 Å². The molecular weight excluding hydrogens is 336 g/mol. The number of anilines is 2. The lowest BCUT2D eigenvalue weighted by Gasteiger charge is -2.29. The first-order chi connectivity index (χ1) is 12.1. The lowest BCUT2D eigenvalue weighted by atomic mass is 10.0. The van der Waals surface area contributed by atoms with Gasteiger partial charge in [0, 0.05) is 24.0 Å². The summed E-state index contributed by atoms with van der Waals surface area (Å²) in [5, 5.41) is 8.84. The molecule has 128 valence electrons. The van der Waals surface area contributed by atoms with Crippen LogP contribution in [0.5, 0.6) is 0 Å². The van der Waals surface area contributed by atoms with Gasteiger partial charge in [0.2, 0.25) is 11.9 Å². The fraction of sp³-hybridized carbons (Fsp3) is 0.294. The molecular formula is C17H18N6OS. The normalized spacial score (nSPS) is 13.9. The van der Waals surface area contributed by atoms with Crippen LogP contribution in [0.25, 0.3) is 5.65 Å². The maximum atomic E-state index is 12.7. The minimum atomic E-state index is 0.0625. The zero-order valence-corrected chi connectivity index (χ0v) is 14.7. The van der Waals surface area contributed by atoms with Crippen LogP contribution in [-0.4, -0.2) is 37.8 Å². The van der Waals surface area contributed by atoms with E-state index in [1.807, 2.05) is 36.1 Å². The number of nitrogens with two attached hydrogens (primary N) is 1. The standard InChI is InChI=1S/C17H18N6OS/c1-11-9-14-20-21-17(23(14)16(18)19-11)25-10-15(24)22-8-4-6-12-5-2-3-7-13(12)22/h2-3,5,7,9H,4,6,8,10H2,1H3,(H2,18,19). The van der Waals surface area contributed by atoms with Crippen molar-refractivity contribution in [2.45, 2.75) is 24.9 Å². The highest BCUT2D eigenvalue weighted by molar-refractivity contribution is 7.99. The molecule has 0 saturated carbocycles. The molecule has 25 heavy (non-hydrogen) atoms. The van der Waals surface area contributed by atoms with E-state index in [0.717, 1.165) is 30.8 Å². The van der Waals surface area contributed by atoms with Crippen molar-refractivity contribution >= 4 is 35.0 Å². The Morgan fingerprint density at radius 2 is 2.16 bits per heavy atom. The average molecular weight is 354 g/mol. The third-order valence-corrected chi connectivity index (χ3v) is 5.17. The zero-order valence-electron chi connectivity index (χ0n) is 13.8. The monoisotopic (exact) mass is 354 g/mol. The predicted molar refractivity (Wildman–Crippen MR) is 97.8 cm³/mol. The van der Waals surface area contributed by atoms with Crippen LogP contribution in [0.3, 0.4) is 0 Å². The van der Waals surface area contributed by atoms with Crippen LogP contribution in [-0.2, 0) is 11.2 Å². The second-order valence-corrected chi connectivity index (χ2v) is 6.94. The SMILES string of the molecule is Cc1cc2nnc(SCC(=O)N3CCCc4ccccc43)n2c(N)n1. The summed E-state index contributed by atoms with van der Waals surface area (Å²) in [4.78, 5) is 18.8. The third kappa shape index (κ3) is 2.93. The number of thioether (sulfide) groups is 1. The van der Waals surface area contributed by atoms with Gasteiger partial charge in [-0.3, -0.25) is 4.79 Å². The number of nitrogens with zero attached hydrogens (tertiary/aromatic N) is 5. The average Bonchev–Trinajstić information content (AvgIpc) is 3.02. The molecule has 0 aliphatic carbocycles. The summed E-state index contributed by atoms with van der Waals surface area (Å²) in [7, 11) is 0. The van der Waals surface area contributed by atoms with Gasteiger partial charge >= 0.3 is 0 Å². The van der Waals surface area contributed by atoms with Gasteiger partial charge in [0.05, 0.1) is 5.75 Å².